The van der Waals surface area contributed by atoms with Crippen molar-refractivity contribution >= 4 is 5.97 Å². The van der Waals surface area contributed by atoms with Crippen molar-refractivity contribution in [2.75, 3.05) is 0 Å². The summed E-state index contributed by atoms with van der Waals surface area (Å²) in [7, 11) is 0. The van der Waals surface area contributed by atoms with Crippen molar-refractivity contribution in [2.24, 2.45) is 35.5 Å². The van der Waals surface area contributed by atoms with Gasteiger partial charge in [-0.1, -0.05) is 40.0 Å². The number of ether oxygens (including phenoxy) is 1. The number of carbonyl (C=O) groups is 1. The topological polar surface area (TPSA) is 26.3 Å². The fraction of sp³-hybridized carbons (Fsp3) is 0.941. The molecule has 7 unspecified atom stereocenters. The second-order valence-electron chi connectivity index (χ2n) is 7.43. The SMILES string of the molecule is CC1CCCC(C2C(=O)OC3C(C)CCCC32)C1C. The Kier molecular flexibility index (Phi) is 3.61. The van der Waals surface area contributed by atoms with Crippen LogP contribution < -0.4 is 0 Å². The lowest BCUT2D eigenvalue weighted by Crippen LogP contribution is -2.38. The van der Waals surface area contributed by atoms with Crippen LogP contribution >= 0.6 is 0 Å². The van der Waals surface area contributed by atoms with Gasteiger partial charge in [-0.05, 0) is 42.9 Å². The molecule has 2 nitrogen and oxygen atoms in total. The number of carbonyl (C=O) groups excluding carboxylic acids is 1. The molecule has 3 rings (SSSR count). The average molecular weight is 264 g/mol. The molecule has 19 heavy (non-hydrogen) atoms. The third-order valence-electron chi connectivity index (χ3n) is 6.40. The van der Waals surface area contributed by atoms with Crippen LogP contribution in [-0.2, 0) is 9.53 Å². The first-order chi connectivity index (χ1) is 9.09. The maximum absolute atomic E-state index is 12.4. The molecule has 0 aromatic carbocycles. The lowest BCUT2D eigenvalue weighted by Gasteiger charge is -2.40. The van der Waals surface area contributed by atoms with Gasteiger partial charge in [0.25, 0.3) is 0 Å². The molecule has 0 N–H and O–H groups in total. The Morgan fingerprint density at radius 1 is 0.895 bits per heavy atom. The molecule has 3 fully saturated rings. The Hall–Kier alpha value is -0.530. The number of hydrogen-bond acceptors (Lipinski definition) is 2. The summed E-state index contributed by atoms with van der Waals surface area (Å²) < 4.78 is 5.79. The predicted octanol–water partition coefficient (Wildman–Crippen LogP) is 4.04. The minimum atomic E-state index is 0.134. The zero-order valence-electron chi connectivity index (χ0n) is 12.6. The largest absolute Gasteiger partial charge is 0.462 e. The second kappa shape index (κ2) is 5.10. The molecule has 0 bridgehead atoms. The summed E-state index contributed by atoms with van der Waals surface area (Å²) in [4.78, 5) is 12.4. The molecule has 2 saturated carbocycles. The highest BCUT2D eigenvalue weighted by Crippen LogP contribution is 2.50. The molecule has 1 heterocycles. The van der Waals surface area contributed by atoms with Gasteiger partial charge in [0.1, 0.15) is 6.10 Å². The molecule has 3 aliphatic rings. The third-order valence-corrected chi connectivity index (χ3v) is 6.40. The summed E-state index contributed by atoms with van der Waals surface area (Å²) in [5.74, 6) is 3.48. The van der Waals surface area contributed by atoms with E-state index in [4.69, 9.17) is 4.74 Å². The Bertz CT molecular complexity index is 351. The van der Waals surface area contributed by atoms with Gasteiger partial charge in [0, 0.05) is 5.92 Å². The molecule has 1 aliphatic heterocycles. The Labute approximate surface area is 117 Å². The van der Waals surface area contributed by atoms with Gasteiger partial charge in [-0.15, -0.1) is 0 Å². The van der Waals surface area contributed by atoms with Crippen molar-refractivity contribution in [2.45, 2.75) is 65.4 Å². The maximum atomic E-state index is 12.4. The number of rotatable bonds is 1. The molecule has 0 aromatic rings. The van der Waals surface area contributed by atoms with E-state index in [1.807, 2.05) is 0 Å². The fourth-order valence-corrected chi connectivity index (χ4v) is 5.02. The van der Waals surface area contributed by atoms with E-state index in [0.717, 1.165) is 5.92 Å². The summed E-state index contributed by atoms with van der Waals surface area (Å²) in [6.07, 6.45) is 7.84. The van der Waals surface area contributed by atoms with Crippen LogP contribution in [0.2, 0.25) is 0 Å². The van der Waals surface area contributed by atoms with Crippen molar-refractivity contribution in [1.82, 2.24) is 0 Å². The van der Waals surface area contributed by atoms with Gasteiger partial charge in [-0.2, -0.15) is 0 Å². The summed E-state index contributed by atoms with van der Waals surface area (Å²) in [5, 5.41) is 0. The quantitative estimate of drug-likeness (QED) is 0.668. The van der Waals surface area contributed by atoms with Crippen LogP contribution in [0.1, 0.15) is 59.3 Å². The maximum Gasteiger partial charge on any atom is 0.309 e. The molecular weight excluding hydrogens is 236 g/mol. The second-order valence-corrected chi connectivity index (χ2v) is 7.43. The normalized spacial score (nSPS) is 50.7. The molecule has 2 aliphatic carbocycles. The molecule has 0 spiro atoms. The zero-order chi connectivity index (χ0) is 13.6. The number of esters is 1. The predicted molar refractivity (Wildman–Crippen MR) is 75.5 cm³/mol. The molecule has 7 atom stereocenters. The van der Waals surface area contributed by atoms with Crippen LogP contribution in [0.4, 0.5) is 0 Å². The van der Waals surface area contributed by atoms with Gasteiger partial charge in [0.15, 0.2) is 0 Å². The van der Waals surface area contributed by atoms with Gasteiger partial charge in [0.2, 0.25) is 0 Å². The Morgan fingerprint density at radius 2 is 1.53 bits per heavy atom. The van der Waals surface area contributed by atoms with E-state index in [1.54, 1.807) is 0 Å². The fourth-order valence-electron chi connectivity index (χ4n) is 5.02. The van der Waals surface area contributed by atoms with Gasteiger partial charge < -0.3 is 4.74 Å². The summed E-state index contributed by atoms with van der Waals surface area (Å²) in [5.41, 5.74) is 0. The lowest BCUT2D eigenvalue weighted by molar-refractivity contribution is -0.148. The Balaban J connectivity index is 1.81. The smallest absolute Gasteiger partial charge is 0.309 e. The van der Waals surface area contributed by atoms with Crippen molar-refractivity contribution in [1.29, 1.82) is 0 Å². The van der Waals surface area contributed by atoms with Crippen molar-refractivity contribution in [3.05, 3.63) is 0 Å². The summed E-state index contributed by atoms with van der Waals surface area (Å²) in [6.45, 7) is 6.98. The standard InChI is InChI=1S/C17H28O2/c1-10-6-4-8-13(12(10)3)15-14-9-5-7-11(2)16(14)19-17(15)18/h10-16H,4-9H2,1-3H3. The van der Waals surface area contributed by atoms with E-state index in [-0.39, 0.29) is 18.0 Å². The molecule has 0 amide bonds. The van der Waals surface area contributed by atoms with Crippen LogP contribution in [-0.4, -0.2) is 12.1 Å². The van der Waals surface area contributed by atoms with Crippen molar-refractivity contribution < 1.29 is 9.53 Å². The monoisotopic (exact) mass is 264 g/mol. The van der Waals surface area contributed by atoms with E-state index in [9.17, 15) is 4.79 Å². The molecule has 108 valence electrons. The van der Waals surface area contributed by atoms with Gasteiger partial charge in [-0.25, -0.2) is 0 Å². The summed E-state index contributed by atoms with van der Waals surface area (Å²) in [6, 6.07) is 0. The van der Waals surface area contributed by atoms with E-state index in [2.05, 4.69) is 20.8 Å². The van der Waals surface area contributed by atoms with Crippen LogP contribution in [0, 0.1) is 35.5 Å². The first-order valence-electron chi connectivity index (χ1n) is 8.30. The molecule has 0 aromatic heterocycles. The average Bonchev–Trinajstić information content (AvgIpc) is 2.71. The number of hydrogen-bond donors (Lipinski definition) is 0. The van der Waals surface area contributed by atoms with Crippen LogP contribution in [0.15, 0.2) is 0 Å². The van der Waals surface area contributed by atoms with Crippen molar-refractivity contribution in [3.8, 4) is 0 Å². The zero-order valence-corrected chi connectivity index (χ0v) is 12.6. The minimum Gasteiger partial charge on any atom is -0.462 e. The molecular formula is C17H28O2. The highest BCUT2D eigenvalue weighted by molar-refractivity contribution is 5.75. The van der Waals surface area contributed by atoms with E-state index in [1.165, 1.54) is 38.5 Å². The van der Waals surface area contributed by atoms with Gasteiger partial charge in [0.05, 0.1) is 5.92 Å². The van der Waals surface area contributed by atoms with Gasteiger partial charge >= 0.3 is 5.97 Å². The Morgan fingerprint density at radius 3 is 2.26 bits per heavy atom. The first kappa shape index (κ1) is 13.5. The van der Waals surface area contributed by atoms with Crippen LogP contribution in [0.5, 0.6) is 0 Å². The van der Waals surface area contributed by atoms with Crippen LogP contribution in [0.3, 0.4) is 0 Å². The highest BCUT2D eigenvalue weighted by atomic mass is 16.6. The summed E-state index contributed by atoms with van der Waals surface area (Å²) >= 11 is 0. The molecule has 2 heteroatoms. The molecule has 1 saturated heterocycles. The lowest BCUT2D eigenvalue weighted by atomic mass is 9.63. The van der Waals surface area contributed by atoms with Gasteiger partial charge in [-0.3, -0.25) is 4.79 Å². The van der Waals surface area contributed by atoms with Crippen LogP contribution in [0.25, 0.3) is 0 Å². The first-order valence-corrected chi connectivity index (χ1v) is 8.30. The minimum absolute atomic E-state index is 0.134. The van der Waals surface area contributed by atoms with E-state index in [0.29, 0.717) is 23.7 Å². The highest BCUT2D eigenvalue weighted by Gasteiger charge is 2.52. The third kappa shape index (κ3) is 2.21. The van der Waals surface area contributed by atoms with E-state index >= 15 is 0 Å². The van der Waals surface area contributed by atoms with Crippen molar-refractivity contribution in [3.63, 3.8) is 0 Å². The number of fused-ring (bicyclic) bond motifs is 1. The molecule has 0 radical (unpaired) electrons. The van der Waals surface area contributed by atoms with E-state index < -0.39 is 0 Å².